The molecule has 0 N–H and O–H groups in total. The van der Waals surface area contributed by atoms with Gasteiger partial charge in [-0.15, -0.1) is 0 Å². The van der Waals surface area contributed by atoms with Gasteiger partial charge < -0.3 is 0 Å². The van der Waals surface area contributed by atoms with Crippen LogP contribution in [0.3, 0.4) is 0 Å². The van der Waals surface area contributed by atoms with Gasteiger partial charge in [-0.25, -0.2) is 0 Å². The summed E-state index contributed by atoms with van der Waals surface area (Å²) in [6.45, 7) is 2.22. The molecule has 0 aliphatic heterocycles. The number of Topliss-reactive ketones (excluding diaryl/α,β-unsaturated/α-hetero) is 1. The number of benzene rings is 2. The van der Waals surface area contributed by atoms with Crippen LogP contribution in [0.4, 0.5) is 0 Å². The number of fused-ring (bicyclic) bond motifs is 3. The molecular formula is C21H24O. The molecule has 1 nitrogen and oxygen atoms in total. The molecule has 0 spiro atoms. The predicted molar refractivity (Wildman–Crippen MR) is 92.4 cm³/mol. The number of rotatable bonds is 7. The molecule has 0 fully saturated rings. The van der Waals surface area contributed by atoms with Gasteiger partial charge in [-0.2, -0.15) is 0 Å². The van der Waals surface area contributed by atoms with Crippen molar-refractivity contribution in [3.05, 3.63) is 59.2 Å². The van der Waals surface area contributed by atoms with Crippen molar-refractivity contribution in [3.8, 4) is 11.1 Å². The molecule has 0 bridgehead atoms. The number of ketones is 1. The number of hydrogen-bond donors (Lipinski definition) is 0. The molecule has 1 aliphatic carbocycles. The monoisotopic (exact) mass is 292 g/mol. The lowest BCUT2D eigenvalue weighted by Gasteiger charge is -2.05. The molecule has 114 valence electrons. The fourth-order valence-corrected chi connectivity index (χ4v) is 3.35. The first-order valence-corrected chi connectivity index (χ1v) is 8.54. The van der Waals surface area contributed by atoms with Crippen molar-refractivity contribution in [3.63, 3.8) is 0 Å². The summed E-state index contributed by atoms with van der Waals surface area (Å²) in [5.41, 5.74) is 6.20. The van der Waals surface area contributed by atoms with Crippen molar-refractivity contribution in [1.82, 2.24) is 0 Å². The first-order valence-electron chi connectivity index (χ1n) is 8.54. The Kier molecular flexibility index (Phi) is 4.72. The summed E-state index contributed by atoms with van der Waals surface area (Å²) in [6, 6.07) is 14.8. The summed E-state index contributed by atoms with van der Waals surface area (Å²) in [5, 5.41) is 0. The Hall–Kier alpha value is -1.89. The Morgan fingerprint density at radius 1 is 0.909 bits per heavy atom. The van der Waals surface area contributed by atoms with Crippen LogP contribution in [0.15, 0.2) is 42.5 Å². The Morgan fingerprint density at radius 3 is 2.55 bits per heavy atom. The van der Waals surface area contributed by atoms with Crippen LogP contribution in [0.25, 0.3) is 11.1 Å². The molecule has 2 aromatic carbocycles. The fraction of sp³-hybridized carbons (Fsp3) is 0.381. The molecule has 1 aliphatic rings. The van der Waals surface area contributed by atoms with E-state index in [-0.39, 0.29) is 0 Å². The molecule has 0 saturated heterocycles. The molecule has 0 radical (unpaired) electrons. The smallest absolute Gasteiger partial charge is 0.162 e. The Balaban J connectivity index is 1.65. The van der Waals surface area contributed by atoms with Gasteiger partial charge in [0.05, 0.1) is 0 Å². The van der Waals surface area contributed by atoms with Gasteiger partial charge in [-0.3, -0.25) is 4.79 Å². The highest BCUT2D eigenvalue weighted by atomic mass is 16.1. The summed E-state index contributed by atoms with van der Waals surface area (Å²) in [4.78, 5) is 12.4. The largest absolute Gasteiger partial charge is 0.294 e. The van der Waals surface area contributed by atoms with Crippen LogP contribution < -0.4 is 0 Å². The molecule has 0 saturated carbocycles. The van der Waals surface area contributed by atoms with Crippen LogP contribution >= 0.6 is 0 Å². The molecule has 0 atom stereocenters. The van der Waals surface area contributed by atoms with E-state index in [9.17, 15) is 4.79 Å². The Morgan fingerprint density at radius 2 is 1.68 bits per heavy atom. The van der Waals surface area contributed by atoms with Gasteiger partial charge in [0, 0.05) is 12.0 Å². The molecule has 22 heavy (non-hydrogen) atoms. The topological polar surface area (TPSA) is 17.1 Å². The number of carbonyl (C=O) groups excluding carboxylic acids is 1. The van der Waals surface area contributed by atoms with Crippen LogP contribution in [-0.2, 0) is 6.42 Å². The van der Waals surface area contributed by atoms with E-state index in [1.54, 1.807) is 0 Å². The minimum absolute atomic E-state index is 0.301. The summed E-state index contributed by atoms with van der Waals surface area (Å²) < 4.78 is 0. The normalized spacial score (nSPS) is 12.0. The van der Waals surface area contributed by atoms with E-state index in [0.717, 1.165) is 18.4 Å². The van der Waals surface area contributed by atoms with Crippen LogP contribution in [0.5, 0.6) is 0 Å². The molecule has 2 aromatic rings. The average molecular weight is 292 g/mol. The lowest BCUT2D eigenvalue weighted by atomic mass is 9.99. The SMILES string of the molecule is CCCCCCCC(=O)c1ccc2c(c1)Cc1ccccc1-2. The molecule has 0 aromatic heterocycles. The Labute approximate surface area is 133 Å². The van der Waals surface area contributed by atoms with Gasteiger partial charge in [0.2, 0.25) is 0 Å². The van der Waals surface area contributed by atoms with Crippen molar-refractivity contribution in [2.45, 2.75) is 51.9 Å². The first kappa shape index (κ1) is 15.0. The lowest BCUT2D eigenvalue weighted by molar-refractivity contribution is 0.0979. The van der Waals surface area contributed by atoms with Gasteiger partial charge in [0.15, 0.2) is 5.78 Å². The second kappa shape index (κ2) is 6.91. The zero-order valence-corrected chi connectivity index (χ0v) is 13.4. The van der Waals surface area contributed by atoms with Crippen LogP contribution in [0.1, 0.15) is 66.9 Å². The van der Waals surface area contributed by atoms with Crippen LogP contribution in [0.2, 0.25) is 0 Å². The maximum atomic E-state index is 12.4. The maximum Gasteiger partial charge on any atom is 0.162 e. The molecule has 0 heterocycles. The Bertz CT molecular complexity index is 669. The van der Waals surface area contributed by atoms with E-state index < -0.39 is 0 Å². The van der Waals surface area contributed by atoms with E-state index in [1.165, 1.54) is 47.9 Å². The van der Waals surface area contributed by atoms with Crippen molar-refractivity contribution in [1.29, 1.82) is 0 Å². The zero-order valence-electron chi connectivity index (χ0n) is 13.4. The van der Waals surface area contributed by atoms with Crippen LogP contribution in [0, 0.1) is 0 Å². The van der Waals surface area contributed by atoms with E-state index in [4.69, 9.17) is 0 Å². The highest BCUT2D eigenvalue weighted by Crippen LogP contribution is 2.36. The van der Waals surface area contributed by atoms with Gasteiger partial charge >= 0.3 is 0 Å². The third kappa shape index (κ3) is 3.14. The maximum absolute atomic E-state index is 12.4. The third-order valence-electron chi connectivity index (χ3n) is 4.62. The molecule has 0 unspecified atom stereocenters. The molecule has 1 heteroatoms. The fourth-order valence-electron chi connectivity index (χ4n) is 3.35. The second-order valence-electron chi connectivity index (χ2n) is 6.29. The molecule has 0 amide bonds. The van der Waals surface area contributed by atoms with E-state index >= 15 is 0 Å². The summed E-state index contributed by atoms with van der Waals surface area (Å²) in [7, 11) is 0. The number of hydrogen-bond acceptors (Lipinski definition) is 1. The van der Waals surface area contributed by atoms with E-state index in [2.05, 4.69) is 43.3 Å². The van der Waals surface area contributed by atoms with Gasteiger partial charge in [-0.1, -0.05) is 69.0 Å². The lowest BCUT2D eigenvalue weighted by Crippen LogP contribution is -2.00. The standard InChI is InChI=1S/C21H24O/c1-2-3-4-5-6-11-21(22)17-12-13-20-18(15-17)14-16-9-7-8-10-19(16)20/h7-10,12-13,15H,2-6,11,14H2,1H3. The third-order valence-corrected chi connectivity index (χ3v) is 4.62. The van der Waals surface area contributed by atoms with E-state index in [1.807, 2.05) is 6.07 Å². The second-order valence-corrected chi connectivity index (χ2v) is 6.29. The van der Waals surface area contributed by atoms with Gasteiger partial charge in [0.1, 0.15) is 0 Å². The average Bonchev–Trinajstić information content (AvgIpc) is 2.92. The zero-order chi connectivity index (χ0) is 15.4. The number of carbonyl (C=O) groups is 1. The molecule has 3 rings (SSSR count). The summed E-state index contributed by atoms with van der Waals surface area (Å²) >= 11 is 0. The van der Waals surface area contributed by atoms with Crippen molar-refractivity contribution in [2.24, 2.45) is 0 Å². The van der Waals surface area contributed by atoms with Gasteiger partial charge in [-0.05, 0) is 41.2 Å². The van der Waals surface area contributed by atoms with E-state index in [0.29, 0.717) is 12.2 Å². The van der Waals surface area contributed by atoms with Crippen molar-refractivity contribution in [2.75, 3.05) is 0 Å². The van der Waals surface area contributed by atoms with Crippen LogP contribution in [-0.4, -0.2) is 5.78 Å². The minimum atomic E-state index is 0.301. The summed E-state index contributed by atoms with van der Waals surface area (Å²) in [6.07, 6.45) is 7.64. The van der Waals surface area contributed by atoms with Crippen molar-refractivity contribution >= 4 is 5.78 Å². The number of unbranched alkanes of at least 4 members (excludes halogenated alkanes) is 4. The quantitative estimate of drug-likeness (QED) is 0.397. The van der Waals surface area contributed by atoms with Gasteiger partial charge in [0.25, 0.3) is 0 Å². The highest BCUT2D eigenvalue weighted by molar-refractivity contribution is 5.97. The minimum Gasteiger partial charge on any atom is -0.294 e. The predicted octanol–water partition coefficient (Wildman–Crippen LogP) is 5.80. The van der Waals surface area contributed by atoms with Crippen molar-refractivity contribution < 1.29 is 4.79 Å². The summed E-state index contributed by atoms with van der Waals surface area (Å²) in [5.74, 6) is 0.301. The first-order chi connectivity index (χ1) is 10.8. The molecular weight excluding hydrogens is 268 g/mol. The highest BCUT2D eigenvalue weighted by Gasteiger charge is 2.19.